The van der Waals surface area contributed by atoms with Crippen molar-refractivity contribution in [2.75, 3.05) is 13.1 Å². The number of hydrogen-bond acceptors (Lipinski definition) is 3. The Morgan fingerprint density at radius 3 is 2.91 bits per heavy atom. The molecule has 0 aliphatic heterocycles. The summed E-state index contributed by atoms with van der Waals surface area (Å²) < 4.78 is 14.2. The Kier molecular flexibility index (Phi) is 6.98. The zero-order valence-electron chi connectivity index (χ0n) is 13.2. The van der Waals surface area contributed by atoms with Gasteiger partial charge in [-0.1, -0.05) is 15.9 Å². The number of aromatic nitrogens is 1. The van der Waals surface area contributed by atoms with Crippen molar-refractivity contribution in [1.82, 2.24) is 15.6 Å². The van der Waals surface area contributed by atoms with Gasteiger partial charge in [-0.05, 0) is 37.6 Å². The van der Waals surface area contributed by atoms with E-state index in [9.17, 15) is 4.39 Å². The highest BCUT2D eigenvalue weighted by Crippen LogP contribution is 2.18. The van der Waals surface area contributed by atoms with Gasteiger partial charge in [-0.25, -0.2) is 14.4 Å². The third-order valence-electron chi connectivity index (χ3n) is 3.06. The van der Waals surface area contributed by atoms with Gasteiger partial charge in [0.05, 0.1) is 11.6 Å². The third-order valence-corrected chi connectivity index (χ3v) is 4.81. The van der Waals surface area contributed by atoms with E-state index in [1.54, 1.807) is 17.4 Å². The summed E-state index contributed by atoms with van der Waals surface area (Å²) in [6.45, 7) is 6.00. The second-order valence-electron chi connectivity index (χ2n) is 4.97. The summed E-state index contributed by atoms with van der Waals surface area (Å²) in [6.07, 6.45) is 2.74. The molecule has 0 bridgehead atoms. The number of aryl methyl sites for hydroxylation is 1. The lowest BCUT2D eigenvalue weighted by atomic mass is 10.2. The molecule has 0 radical (unpaired) electrons. The predicted octanol–water partition coefficient (Wildman–Crippen LogP) is 3.65. The molecule has 1 aromatic heterocycles. The summed E-state index contributed by atoms with van der Waals surface area (Å²) in [5.74, 6) is 0.465. The molecule has 0 aliphatic rings. The fourth-order valence-corrected chi connectivity index (χ4v) is 3.13. The van der Waals surface area contributed by atoms with E-state index in [0.717, 1.165) is 40.5 Å². The molecule has 0 saturated carbocycles. The molecule has 0 unspecified atom stereocenters. The maximum Gasteiger partial charge on any atom is 0.191 e. The number of halogens is 2. The number of aliphatic imine (C=N–C) groups is 1. The number of nitrogens with one attached hydrogen (secondary N) is 2. The molecule has 0 fully saturated rings. The van der Waals surface area contributed by atoms with Crippen LogP contribution in [0.1, 0.15) is 22.4 Å². The van der Waals surface area contributed by atoms with Gasteiger partial charge in [-0.3, -0.25) is 0 Å². The van der Waals surface area contributed by atoms with Crippen LogP contribution in [-0.4, -0.2) is 24.0 Å². The van der Waals surface area contributed by atoms with Crippen molar-refractivity contribution in [1.29, 1.82) is 0 Å². The largest absolute Gasteiger partial charge is 0.357 e. The number of thiazole rings is 1. The first-order valence-electron chi connectivity index (χ1n) is 7.46. The van der Waals surface area contributed by atoms with Crippen molar-refractivity contribution in [3.8, 4) is 0 Å². The summed E-state index contributed by atoms with van der Waals surface area (Å²) in [6, 6.07) is 4.62. The molecule has 1 heterocycles. The first-order chi connectivity index (χ1) is 11.1. The lowest BCUT2D eigenvalue weighted by Gasteiger charge is -2.11. The van der Waals surface area contributed by atoms with Gasteiger partial charge in [0.2, 0.25) is 0 Å². The second kappa shape index (κ2) is 8.98. The van der Waals surface area contributed by atoms with Gasteiger partial charge >= 0.3 is 0 Å². The highest BCUT2D eigenvalue weighted by Gasteiger charge is 2.04. The molecule has 0 saturated heterocycles. The molecule has 7 heteroatoms. The Hall–Kier alpha value is -1.47. The SMILES string of the molecule is CCNC(=NCc1cc(F)ccc1Br)NCCc1ncc(C)s1. The average Bonchev–Trinajstić information content (AvgIpc) is 2.93. The quantitative estimate of drug-likeness (QED) is 0.576. The van der Waals surface area contributed by atoms with Crippen LogP contribution in [0.25, 0.3) is 0 Å². The van der Waals surface area contributed by atoms with E-state index in [4.69, 9.17) is 0 Å². The van der Waals surface area contributed by atoms with Crippen LogP contribution in [0, 0.1) is 12.7 Å². The molecular formula is C16H20BrFN4S. The lowest BCUT2D eigenvalue weighted by molar-refractivity contribution is 0.625. The topological polar surface area (TPSA) is 49.3 Å². The number of rotatable bonds is 6. The fourth-order valence-electron chi connectivity index (χ4n) is 1.98. The normalized spacial score (nSPS) is 11.6. The minimum Gasteiger partial charge on any atom is -0.357 e. The maximum atomic E-state index is 13.3. The molecule has 2 aromatic rings. The fraction of sp³-hybridized carbons (Fsp3) is 0.375. The van der Waals surface area contributed by atoms with Gasteiger partial charge in [0, 0.05) is 35.1 Å². The van der Waals surface area contributed by atoms with Gasteiger partial charge in [-0.2, -0.15) is 0 Å². The molecule has 0 aliphatic carbocycles. The maximum absolute atomic E-state index is 13.3. The van der Waals surface area contributed by atoms with E-state index < -0.39 is 0 Å². The van der Waals surface area contributed by atoms with Crippen LogP contribution in [-0.2, 0) is 13.0 Å². The summed E-state index contributed by atoms with van der Waals surface area (Å²) in [5, 5.41) is 7.58. The molecule has 2 N–H and O–H groups in total. The summed E-state index contributed by atoms with van der Waals surface area (Å²) in [7, 11) is 0. The molecule has 0 atom stereocenters. The summed E-state index contributed by atoms with van der Waals surface area (Å²) >= 11 is 5.13. The van der Waals surface area contributed by atoms with Gasteiger partial charge in [0.25, 0.3) is 0 Å². The molecule has 2 rings (SSSR count). The molecule has 124 valence electrons. The van der Waals surface area contributed by atoms with Crippen LogP contribution in [0.4, 0.5) is 4.39 Å². The number of hydrogen-bond donors (Lipinski definition) is 2. The standard InChI is InChI=1S/C16H20BrFN4S/c1-3-19-16(20-7-6-15-21-9-11(2)23-15)22-10-12-8-13(18)4-5-14(12)17/h4-5,8-9H,3,6-7,10H2,1-2H3,(H2,19,20,22). The van der Waals surface area contributed by atoms with Crippen molar-refractivity contribution in [3.63, 3.8) is 0 Å². The summed E-state index contributed by atoms with van der Waals surface area (Å²) in [5.41, 5.74) is 0.817. The van der Waals surface area contributed by atoms with Crippen LogP contribution in [0.2, 0.25) is 0 Å². The zero-order chi connectivity index (χ0) is 16.7. The average molecular weight is 399 g/mol. The minimum atomic E-state index is -0.254. The van der Waals surface area contributed by atoms with Crippen LogP contribution in [0.3, 0.4) is 0 Å². The van der Waals surface area contributed by atoms with E-state index in [0.29, 0.717) is 6.54 Å². The Morgan fingerprint density at radius 2 is 2.22 bits per heavy atom. The molecular weight excluding hydrogens is 379 g/mol. The van der Waals surface area contributed by atoms with E-state index in [1.165, 1.54) is 17.0 Å². The van der Waals surface area contributed by atoms with Crippen LogP contribution in [0.15, 0.2) is 33.9 Å². The highest BCUT2D eigenvalue weighted by molar-refractivity contribution is 9.10. The van der Waals surface area contributed by atoms with Crippen LogP contribution >= 0.6 is 27.3 Å². The smallest absolute Gasteiger partial charge is 0.191 e. The summed E-state index contributed by atoms with van der Waals surface area (Å²) in [4.78, 5) is 10.1. The number of benzene rings is 1. The number of nitrogens with zero attached hydrogens (tertiary/aromatic N) is 2. The first kappa shape index (κ1) is 17.9. The van der Waals surface area contributed by atoms with Crippen molar-refractivity contribution in [2.24, 2.45) is 4.99 Å². The predicted molar refractivity (Wildman–Crippen MR) is 97.5 cm³/mol. The van der Waals surface area contributed by atoms with Crippen LogP contribution in [0.5, 0.6) is 0 Å². The molecule has 0 amide bonds. The van der Waals surface area contributed by atoms with Crippen molar-refractivity contribution >= 4 is 33.2 Å². The zero-order valence-corrected chi connectivity index (χ0v) is 15.6. The molecule has 1 aromatic carbocycles. The van der Waals surface area contributed by atoms with E-state index in [2.05, 4.69) is 43.5 Å². The monoisotopic (exact) mass is 398 g/mol. The van der Waals surface area contributed by atoms with Gasteiger partial charge < -0.3 is 10.6 Å². The van der Waals surface area contributed by atoms with E-state index >= 15 is 0 Å². The highest BCUT2D eigenvalue weighted by atomic mass is 79.9. The second-order valence-corrected chi connectivity index (χ2v) is 7.15. The van der Waals surface area contributed by atoms with Gasteiger partial charge in [0.1, 0.15) is 5.82 Å². The Labute approximate surface area is 148 Å². The third kappa shape index (κ3) is 5.91. The molecule has 23 heavy (non-hydrogen) atoms. The Bertz CT molecular complexity index is 672. The van der Waals surface area contributed by atoms with Crippen molar-refractivity contribution in [2.45, 2.75) is 26.8 Å². The van der Waals surface area contributed by atoms with Crippen molar-refractivity contribution < 1.29 is 4.39 Å². The van der Waals surface area contributed by atoms with E-state index in [1.807, 2.05) is 13.1 Å². The van der Waals surface area contributed by atoms with Gasteiger partial charge in [0.15, 0.2) is 5.96 Å². The molecule has 4 nitrogen and oxygen atoms in total. The number of guanidine groups is 1. The Morgan fingerprint density at radius 1 is 1.39 bits per heavy atom. The minimum absolute atomic E-state index is 0.254. The van der Waals surface area contributed by atoms with E-state index in [-0.39, 0.29) is 5.82 Å². The Balaban J connectivity index is 1.92. The van der Waals surface area contributed by atoms with Gasteiger partial charge in [-0.15, -0.1) is 11.3 Å². The van der Waals surface area contributed by atoms with Crippen LogP contribution < -0.4 is 10.6 Å². The lowest BCUT2D eigenvalue weighted by Crippen LogP contribution is -2.38. The first-order valence-corrected chi connectivity index (χ1v) is 9.07. The van der Waals surface area contributed by atoms with Crippen molar-refractivity contribution in [3.05, 3.63) is 50.1 Å². The molecule has 0 spiro atoms.